The van der Waals surface area contributed by atoms with E-state index < -0.39 is 0 Å². The van der Waals surface area contributed by atoms with E-state index in [9.17, 15) is 4.79 Å². The maximum atomic E-state index is 12.7. The van der Waals surface area contributed by atoms with E-state index in [1.807, 2.05) is 30.3 Å². The Bertz CT molecular complexity index is 693. The van der Waals surface area contributed by atoms with Gasteiger partial charge in [-0.05, 0) is 62.1 Å². The molecule has 31 heavy (non-hydrogen) atoms. The van der Waals surface area contributed by atoms with Gasteiger partial charge >= 0.3 is 0 Å². The lowest BCUT2D eigenvalue weighted by atomic mass is 9.83. The zero-order valence-electron chi connectivity index (χ0n) is 19.2. The van der Waals surface area contributed by atoms with E-state index in [0.717, 1.165) is 37.4 Å². The van der Waals surface area contributed by atoms with Gasteiger partial charge in [0, 0.05) is 25.6 Å². The van der Waals surface area contributed by atoms with E-state index >= 15 is 0 Å². The molecule has 1 aromatic carbocycles. The van der Waals surface area contributed by atoms with Crippen LogP contribution in [-0.4, -0.2) is 56.8 Å². The average Bonchev–Trinajstić information content (AvgIpc) is 2.80. The number of piperidine rings is 1. The van der Waals surface area contributed by atoms with Crippen molar-refractivity contribution < 1.29 is 14.3 Å². The molecular formula is C26H40N2O3. The Kier molecular flexibility index (Phi) is 9.88. The van der Waals surface area contributed by atoms with Gasteiger partial charge in [-0.1, -0.05) is 37.1 Å². The summed E-state index contributed by atoms with van der Waals surface area (Å²) in [5.41, 5.74) is 1.10. The van der Waals surface area contributed by atoms with Gasteiger partial charge in [0.1, 0.15) is 5.75 Å². The monoisotopic (exact) mass is 428 g/mol. The second kappa shape index (κ2) is 12.9. The molecular weight excluding hydrogens is 388 g/mol. The van der Waals surface area contributed by atoms with E-state index in [-0.39, 0.29) is 5.91 Å². The lowest BCUT2D eigenvalue weighted by molar-refractivity contribution is -0.122. The minimum Gasteiger partial charge on any atom is -0.496 e. The van der Waals surface area contributed by atoms with Crippen molar-refractivity contribution in [1.82, 2.24) is 10.2 Å². The molecule has 1 N–H and O–H groups in total. The molecule has 0 bridgehead atoms. The normalized spacial score (nSPS) is 24.5. The summed E-state index contributed by atoms with van der Waals surface area (Å²) in [4.78, 5) is 15.3. The number of hydrogen-bond acceptors (Lipinski definition) is 4. The Morgan fingerprint density at radius 1 is 1.23 bits per heavy atom. The third-order valence-electron chi connectivity index (χ3n) is 6.75. The molecule has 1 heterocycles. The molecule has 1 aliphatic carbocycles. The smallest absolute Gasteiger partial charge is 0.220 e. The Morgan fingerprint density at radius 3 is 2.90 bits per heavy atom. The van der Waals surface area contributed by atoms with Crippen molar-refractivity contribution in [2.75, 3.05) is 40.0 Å². The summed E-state index contributed by atoms with van der Waals surface area (Å²) in [6, 6.07) is 8.27. The number of amides is 1. The molecule has 0 aromatic heterocycles. The summed E-state index contributed by atoms with van der Waals surface area (Å²) < 4.78 is 11.1. The van der Waals surface area contributed by atoms with Gasteiger partial charge in [-0.3, -0.25) is 4.79 Å². The Labute approximate surface area is 188 Å². The molecule has 172 valence electrons. The van der Waals surface area contributed by atoms with E-state index in [4.69, 9.17) is 9.47 Å². The summed E-state index contributed by atoms with van der Waals surface area (Å²) in [5.74, 6) is 2.20. The molecule has 2 fully saturated rings. The summed E-state index contributed by atoms with van der Waals surface area (Å²) >= 11 is 0. The van der Waals surface area contributed by atoms with Crippen LogP contribution in [0.1, 0.15) is 50.5 Å². The SMILES string of the molecule is C=CCOCC1CCCN(C[C@@H]2CCCC[C@H]2NC(=O)CCc2ccccc2OC)C1. The van der Waals surface area contributed by atoms with Gasteiger partial charge in [0.25, 0.3) is 0 Å². The Morgan fingerprint density at radius 2 is 2.06 bits per heavy atom. The first-order chi connectivity index (χ1) is 15.2. The fraction of sp³-hybridized carbons (Fsp3) is 0.654. The number of para-hydroxylation sites is 1. The highest BCUT2D eigenvalue weighted by atomic mass is 16.5. The molecule has 1 unspecified atom stereocenters. The van der Waals surface area contributed by atoms with Crippen LogP contribution in [0.5, 0.6) is 5.75 Å². The van der Waals surface area contributed by atoms with E-state index in [2.05, 4.69) is 16.8 Å². The molecule has 0 radical (unpaired) electrons. The second-order valence-corrected chi connectivity index (χ2v) is 9.12. The fourth-order valence-corrected chi connectivity index (χ4v) is 5.16. The van der Waals surface area contributed by atoms with Crippen molar-refractivity contribution in [2.45, 2.75) is 57.4 Å². The fourth-order valence-electron chi connectivity index (χ4n) is 5.16. The van der Waals surface area contributed by atoms with Gasteiger partial charge in [0.05, 0.1) is 20.3 Å². The molecule has 3 rings (SSSR count). The van der Waals surface area contributed by atoms with Crippen LogP contribution in [-0.2, 0) is 16.0 Å². The van der Waals surface area contributed by atoms with E-state index in [1.54, 1.807) is 7.11 Å². The van der Waals surface area contributed by atoms with E-state index in [1.165, 1.54) is 38.6 Å². The van der Waals surface area contributed by atoms with Crippen molar-refractivity contribution >= 4 is 5.91 Å². The number of likely N-dealkylation sites (tertiary alicyclic amines) is 1. The average molecular weight is 429 g/mol. The summed E-state index contributed by atoms with van der Waals surface area (Å²) in [5, 5.41) is 3.38. The maximum Gasteiger partial charge on any atom is 0.220 e. The van der Waals surface area contributed by atoms with Gasteiger partial charge in [-0.25, -0.2) is 0 Å². The quantitative estimate of drug-likeness (QED) is 0.424. The third-order valence-corrected chi connectivity index (χ3v) is 6.75. The molecule has 2 aliphatic rings. The van der Waals surface area contributed by atoms with Gasteiger partial charge in [0.15, 0.2) is 0 Å². The minimum atomic E-state index is 0.164. The second-order valence-electron chi connectivity index (χ2n) is 9.12. The molecule has 1 aliphatic heterocycles. The predicted octanol–water partition coefficient (Wildman–Crippen LogP) is 4.22. The molecule has 5 heteroatoms. The number of carbonyl (C=O) groups is 1. The lowest BCUT2D eigenvalue weighted by Gasteiger charge is -2.39. The van der Waals surface area contributed by atoms with Crippen molar-refractivity contribution in [1.29, 1.82) is 0 Å². The first-order valence-electron chi connectivity index (χ1n) is 12.0. The van der Waals surface area contributed by atoms with Crippen LogP contribution in [0.3, 0.4) is 0 Å². The van der Waals surface area contributed by atoms with Crippen LogP contribution in [0.15, 0.2) is 36.9 Å². The summed E-state index contributed by atoms with van der Waals surface area (Å²) in [7, 11) is 1.68. The highest BCUT2D eigenvalue weighted by molar-refractivity contribution is 5.76. The molecule has 0 spiro atoms. The number of nitrogens with one attached hydrogen (secondary N) is 1. The third kappa shape index (κ3) is 7.65. The molecule has 1 aromatic rings. The number of benzene rings is 1. The number of nitrogens with zero attached hydrogens (tertiary/aromatic N) is 1. The molecule has 1 saturated heterocycles. The van der Waals surface area contributed by atoms with Gasteiger partial charge < -0.3 is 19.7 Å². The number of ether oxygens (including phenoxy) is 2. The van der Waals surface area contributed by atoms with Crippen molar-refractivity contribution in [2.24, 2.45) is 11.8 Å². The first kappa shape index (κ1) is 23.8. The van der Waals surface area contributed by atoms with Crippen molar-refractivity contribution in [3.05, 3.63) is 42.5 Å². The van der Waals surface area contributed by atoms with Crippen LogP contribution in [0, 0.1) is 11.8 Å². The van der Waals surface area contributed by atoms with Crippen LogP contribution in [0.2, 0.25) is 0 Å². The van der Waals surface area contributed by atoms with Crippen LogP contribution < -0.4 is 10.1 Å². The van der Waals surface area contributed by atoms with Crippen molar-refractivity contribution in [3.8, 4) is 5.75 Å². The topological polar surface area (TPSA) is 50.8 Å². The molecule has 1 saturated carbocycles. The highest BCUT2D eigenvalue weighted by Crippen LogP contribution is 2.28. The Balaban J connectivity index is 1.47. The highest BCUT2D eigenvalue weighted by Gasteiger charge is 2.30. The first-order valence-corrected chi connectivity index (χ1v) is 12.0. The van der Waals surface area contributed by atoms with Crippen LogP contribution in [0.4, 0.5) is 0 Å². The standard InChI is InChI=1S/C26H40N2O3/c1-3-17-31-20-21-9-8-16-28(18-21)19-23-11-4-6-12-24(23)27-26(29)15-14-22-10-5-7-13-25(22)30-2/h3,5,7,10,13,21,23-24H,1,4,6,8-9,11-12,14-20H2,2H3,(H,27,29)/t21?,23-,24+/m0/s1. The van der Waals surface area contributed by atoms with Gasteiger partial charge in [-0.15, -0.1) is 6.58 Å². The summed E-state index contributed by atoms with van der Waals surface area (Å²) in [6.45, 7) is 8.58. The van der Waals surface area contributed by atoms with Gasteiger partial charge in [0.2, 0.25) is 5.91 Å². The van der Waals surface area contributed by atoms with E-state index in [0.29, 0.717) is 37.3 Å². The zero-order chi connectivity index (χ0) is 21.9. The Hall–Kier alpha value is -1.85. The van der Waals surface area contributed by atoms with Crippen LogP contribution in [0.25, 0.3) is 0 Å². The number of aryl methyl sites for hydroxylation is 1. The lowest BCUT2D eigenvalue weighted by Crippen LogP contribution is -2.48. The predicted molar refractivity (Wildman–Crippen MR) is 125 cm³/mol. The zero-order valence-corrected chi connectivity index (χ0v) is 19.2. The summed E-state index contributed by atoms with van der Waals surface area (Å²) in [6.07, 6.45) is 10.3. The molecule has 1 amide bonds. The van der Waals surface area contributed by atoms with Crippen molar-refractivity contribution in [3.63, 3.8) is 0 Å². The minimum absolute atomic E-state index is 0.164. The number of rotatable bonds is 11. The molecule has 5 nitrogen and oxygen atoms in total. The number of carbonyl (C=O) groups excluding carboxylic acids is 1. The number of methoxy groups -OCH3 is 1. The largest absolute Gasteiger partial charge is 0.496 e. The van der Waals surface area contributed by atoms with Crippen LogP contribution >= 0.6 is 0 Å². The maximum absolute atomic E-state index is 12.7. The van der Waals surface area contributed by atoms with Gasteiger partial charge in [-0.2, -0.15) is 0 Å². The number of hydrogen-bond donors (Lipinski definition) is 1. The molecule has 3 atom stereocenters.